The second-order valence-corrected chi connectivity index (χ2v) is 7.11. The molecule has 1 N–H and O–H groups in total. The maximum Gasteiger partial charge on any atom is 0.327 e. The van der Waals surface area contributed by atoms with Crippen LogP contribution in [-0.4, -0.2) is 29.1 Å². The minimum atomic E-state index is -1.15. The Morgan fingerprint density at radius 1 is 1.33 bits per heavy atom. The number of carbonyl (C=O) groups is 2. The van der Waals surface area contributed by atoms with E-state index in [1.165, 1.54) is 6.07 Å². The summed E-state index contributed by atoms with van der Waals surface area (Å²) in [5.41, 5.74) is -0.431. The number of ether oxygens (including phenoxy) is 1. The molecule has 0 spiro atoms. The molecule has 0 aliphatic rings. The van der Waals surface area contributed by atoms with Crippen LogP contribution >= 0.6 is 11.6 Å². The third-order valence-corrected chi connectivity index (χ3v) is 3.51. The van der Waals surface area contributed by atoms with Gasteiger partial charge in [0.05, 0.1) is 11.1 Å². The molecule has 0 aromatic heterocycles. The average Bonchev–Trinajstić information content (AvgIpc) is 2.43. The standard InChI is InChI=1S/C18H22ClNO4/c1-7-15(21)20(16(17(22)23)18(4,5)6)12-8-9-14(13(19)10-12)24-11(2)3/h1,8-11,16H,2-6H3,(H,22,23). The molecule has 0 aliphatic carbocycles. The summed E-state index contributed by atoms with van der Waals surface area (Å²) in [6.07, 6.45) is 5.16. The molecule has 6 heteroatoms. The summed E-state index contributed by atoms with van der Waals surface area (Å²) < 4.78 is 5.55. The zero-order chi connectivity index (χ0) is 18.7. The molecular weight excluding hydrogens is 330 g/mol. The molecule has 130 valence electrons. The fourth-order valence-electron chi connectivity index (χ4n) is 2.31. The highest BCUT2D eigenvalue weighted by Crippen LogP contribution is 2.34. The lowest BCUT2D eigenvalue weighted by atomic mass is 9.85. The van der Waals surface area contributed by atoms with Crippen molar-refractivity contribution in [3.8, 4) is 18.1 Å². The van der Waals surface area contributed by atoms with Crippen molar-refractivity contribution in [2.45, 2.75) is 46.8 Å². The Bertz CT molecular complexity index is 671. The van der Waals surface area contributed by atoms with Gasteiger partial charge in [0.1, 0.15) is 11.8 Å². The Morgan fingerprint density at radius 3 is 2.29 bits per heavy atom. The van der Waals surface area contributed by atoms with Crippen LogP contribution < -0.4 is 9.64 Å². The molecule has 0 saturated carbocycles. The Hall–Kier alpha value is -2.19. The van der Waals surface area contributed by atoms with E-state index in [0.717, 1.165) is 4.90 Å². The Morgan fingerprint density at radius 2 is 1.92 bits per heavy atom. The van der Waals surface area contributed by atoms with E-state index in [1.807, 2.05) is 19.8 Å². The normalized spacial score (nSPS) is 12.4. The van der Waals surface area contributed by atoms with Crippen molar-refractivity contribution in [1.29, 1.82) is 0 Å². The monoisotopic (exact) mass is 351 g/mol. The number of carboxylic acids is 1. The van der Waals surface area contributed by atoms with Crippen LogP contribution in [0.4, 0.5) is 5.69 Å². The number of aliphatic carboxylic acids is 1. The summed E-state index contributed by atoms with van der Waals surface area (Å²) in [5, 5.41) is 9.88. The van der Waals surface area contributed by atoms with Crippen LogP contribution in [0, 0.1) is 17.8 Å². The first-order chi connectivity index (χ1) is 11.0. The summed E-state index contributed by atoms with van der Waals surface area (Å²) in [5.74, 6) is 0.544. The number of carboxylic acid groups (broad SMARTS) is 1. The lowest BCUT2D eigenvalue weighted by molar-refractivity contribution is -0.142. The number of benzene rings is 1. The van der Waals surface area contributed by atoms with Crippen molar-refractivity contribution < 1.29 is 19.4 Å². The molecule has 0 radical (unpaired) electrons. The van der Waals surface area contributed by atoms with Crippen molar-refractivity contribution in [2.75, 3.05) is 4.90 Å². The number of terminal acetylenes is 1. The zero-order valence-corrected chi connectivity index (χ0v) is 15.2. The molecule has 1 atom stereocenters. The van der Waals surface area contributed by atoms with Gasteiger partial charge >= 0.3 is 11.9 Å². The van der Waals surface area contributed by atoms with E-state index in [4.69, 9.17) is 22.8 Å². The van der Waals surface area contributed by atoms with Gasteiger partial charge in [-0.3, -0.25) is 9.69 Å². The molecule has 0 heterocycles. The number of nitrogens with zero attached hydrogens (tertiary/aromatic N) is 1. The average molecular weight is 352 g/mol. The summed E-state index contributed by atoms with van der Waals surface area (Å²) in [6.45, 7) is 8.89. The highest BCUT2D eigenvalue weighted by atomic mass is 35.5. The molecule has 1 amide bonds. The number of anilines is 1. The molecule has 24 heavy (non-hydrogen) atoms. The van der Waals surface area contributed by atoms with Crippen LogP contribution in [0.3, 0.4) is 0 Å². The predicted molar refractivity (Wildman–Crippen MR) is 94.4 cm³/mol. The van der Waals surface area contributed by atoms with Gasteiger partial charge < -0.3 is 9.84 Å². The lowest BCUT2D eigenvalue weighted by Gasteiger charge is -2.36. The minimum absolute atomic E-state index is 0.0712. The number of halogens is 1. The van der Waals surface area contributed by atoms with Crippen LogP contribution in [-0.2, 0) is 9.59 Å². The van der Waals surface area contributed by atoms with Crippen LogP contribution in [0.1, 0.15) is 34.6 Å². The summed E-state index contributed by atoms with van der Waals surface area (Å²) in [6, 6.07) is 3.50. The highest BCUT2D eigenvalue weighted by Gasteiger charge is 2.39. The second kappa shape index (κ2) is 7.59. The van der Waals surface area contributed by atoms with Crippen molar-refractivity contribution in [3.05, 3.63) is 23.2 Å². The quantitative estimate of drug-likeness (QED) is 0.823. The van der Waals surface area contributed by atoms with E-state index < -0.39 is 23.3 Å². The molecule has 0 aliphatic heterocycles. The van der Waals surface area contributed by atoms with Gasteiger partial charge in [0.25, 0.3) is 0 Å². The maximum absolute atomic E-state index is 12.2. The van der Waals surface area contributed by atoms with Gasteiger partial charge in [-0.15, -0.1) is 6.42 Å². The second-order valence-electron chi connectivity index (χ2n) is 6.71. The predicted octanol–water partition coefficient (Wildman–Crippen LogP) is 3.59. The minimum Gasteiger partial charge on any atom is -0.489 e. The van der Waals surface area contributed by atoms with Crippen LogP contribution in [0.15, 0.2) is 18.2 Å². The fraction of sp³-hybridized carbons (Fsp3) is 0.444. The van der Waals surface area contributed by atoms with Gasteiger partial charge in [0, 0.05) is 5.69 Å². The van der Waals surface area contributed by atoms with Crippen LogP contribution in [0.5, 0.6) is 5.75 Å². The van der Waals surface area contributed by atoms with Crippen LogP contribution in [0.2, 0.25) is 5.02 Å². The van der Waals surface area contributed by atoms with Gasteiger partial charge in [-0.1, -0.05) is 32.4 Å². The van der Waals surface area contributed by atoms with E-state index in [2.05, 4.69) is 0 Å². The first-order valence-electron chi connectivity index (χ1n) is 7.47. The van der Waals surface area contributed by atoms with E-state index in [0.29, 0.717) is 11.4 Å². The number of hydrogen-bond acceptors (Lipinski definition) is 3. The molecule has 0 fully saturated rings. The van der Waals surface area contributed by atoms with Crippen molar-refractivity contribution >= 4 is 29.2 Å². The highest BCUT2D eigenvalue weighted by molar-refractivity contribution is 6.32. The summed E-state index contributed by atoms with van der Waals surface area (Å²) in [4.78, 5) is 25.1. The Kier molecular flexibility index (Phi) is 6.28. The molecule has 1 aromatic carbocycles. The van der Waals surface area contributed by atoms with Crippen molar-refractivity contribution in [1.82, 2.24) is 0 Å². The summed E-state index contributed by atoms with van der Waals surface area (Å²) in [7, 11) is 0. The molecular formula is C18H22ClNO4. The third kappa shape index (κ3) is 4.65. The van der Waals surface area contributed by atoms with E-state index in [1.54, 1.807) is 32.9 Å². The molecule has 1 aromatic rings. The molecule has 5 nitrogen and oxygen atoms in total. The topological polar surface area (TPSA) is 66.8 Å². The van der Waals surface area contributed by atoms with Crippen molar-refractivity contribution in [3.63, 3.8) is 0 Å². The van der Waals surface area contributed by atoms with Gasteiger partial charge in [-0.2, -0.15) is 0 Å². The fourth-order valence-corrected chi connectivity index (χ4v) is 2.53. The molecule has 0 bridgehead atoms. The van der Waals surface area contributed by atoms with Gasteiger partial charge in [-0.25, -0.2) is 4.79 Å². The van der Waals surface area contributed by atoms with Crippen LogP contribution in [0.25, 0.3) is 0 Å². The molecule has 0 saturated heterocycles. The van der Waals surface area contributed by atoms with Gasteiger partial charge in [-0.05, 0) is 43.4 Å². The van der Waals surface area contributed by atoms with Gasteiger partial charge in [0.2, 0.25) is 0 Å². The SMILES string of the molecule is C#CC(=O)N(c1ccc(OC(C)C)c(Cl)c1)C(C(=O)O)C(C)(C)C. The van der Waals surface area contributed by atoms with Gasteiger partial charge in [0.15, 0.2) is 0 Å². The first-order valence-corrected chi connectivity index (χ1v) is 7.85. The number of hydrogen-bond donors (Lipinski definition) is 1. The van der Waals surface area contributed by atoms with Crippen molar-refractivity contribution in [2.24, 2.45) is 5.41 Å². The van der Waals surface area contributed by atoms with E-state index >= 15 is 0 Å². The smallest absolute Gasteiger partial charge is 0.327 e. The Balaban J connectivity index is 3.42. The molecule has 1 unspecified atom stereocenters. The lowest BCUT2D eigenvalue weighted by Crippen LogP contribution is -2.52. The third-order valence-electron chi connectivity index (χ3n) is 3.21. The zero-order valence-electron chi connectivity index (χ0n) is 14.5. The van der Waals surface area contributed by atoms with E-state index in [-0.39, 0.29) is 11.1 Å². The Labute approximate surface area is 147 Å². The number of rotatable bonds is 5. The van der Waals surface area contributed by atoms with E-state index in [9.17, 15) is 14.7 Å². The maximum atomic E-state index is 12.2. The number of carbonyl (C=O) groups excluding carboxylic acids is 1. The largest absolute Gasteiger partial charge is 0.489 e. The summed E-state index contributed by atoms with van der Waals surface area (Å²) >= 11 is 6.20. The number of amides is 1. The first kappa shape index (κ1) is 19.9. The molecule has 1 rings (SSSR count).